The third-order valence-electron chi connectivity index (χ3n) is 5.78. The molecule has 8 heteroatoms. The molecule has 2 heterocycles. The molecule has 166 valence electrons. The number of para-hydroxylation sites is 2. The molecule has 0 amide bonds. The van der Waals surface area contributed by atoms with Crippen LogP contribution in [0.2, 0.25) is 0 Å². The average Bonchev–Trinajstić information content (AvgIpc) is 3.46. The molecule has 0 saturated carbocycles. The zero-order valence-electron chi connectivity index (χ0n) is 17.5. The van der Waals surface area contributed by atoms with Crippen molar-refractivity contribution in [3.05, 3.63) is 106 Å². The van der Waals surface area contributed by atoms with Crippen molar-refractivity contribution in [2.75, 3.05) is 0 Å². The highest BCUT2D eigenvalue weighted by atomic mass is 16.4. The standard InChI is InChI=1S/C26H16N2O6/c29-23(19-11-27-21-7-3-1-5-13(19)21)15-9-18(26(33)34)16(10-17(15)25(31)32)24(30)20-12-28-22-8-4-2-6-14(20)22/h1-12,27-28H,(H,31,32)(H,33,34). The van der Waals surface area contributed by atoms with Gasteiger partial charge in [-0.3, -0.25) is 9.59 Å². The van der Waals surface area contributed by atoms with Crippen LogP contribution in [0.25, 0.3) is 21.8 Å². The summed E-state index contributed by atoms with van der Waals surface area (Å²) in [6, 6.07) is 15.9. The fraction of sp³-hybridized carbons (Fsp3) is 0. The lowest BCUT2D eigenvalue weighted by Crippen LogP contribution is -2.17. The van der Waals surface area contributed by atoms with E-state index < -0.39 is 34.6 Å². The van der Waals surface area contributed by atoms with Crippen molar-refractivity contribution < 1.29 is 29.4 Å². The smallest absolute Gasteiger partial charge is 0.336 e. The van der Waals surface area contributed by atoms with Crippen LogP contribution < -0.4 is 0 Å². The van der Waals surface area contributed by atoms with Crippen LogP contribution in [0.3, 0.4) is 0 Å². The van der Waals surface area contributed by atoms with Gasteiger partial charge in [-0.05, 0) is 24.3 Å². The van der Waals surface area contributed by atoms with Crippen molar-refractivity contribution in [1.29, 1.82) is 0 Å². The number of ketones is 2. The molecule has 5 rings (SSSR count). The Morgan fingerprint density at radius 3 is 1.29 bits per heavy atom. The molecule has 0 aliphatic rings. The Hall–Kier alpha value is -4.98. The first-order valence-electron chi connectivity index (χ1n) is 10.2. The quantitative estimate of drug-likeness (QED) is 0.280. The Balaban J connectivity index is 1.70. The van der Waals surface area contributed by atoms with Gasteiger partial charge < -0.3 is 20.2 Å². The van der Waals surface area contributed by atoms with Crippen molar-refractivity contribution >= 4 is 45.3 Å². The first-order chi connectivity index (χ1) is 16.4. The number of hydrogen-bond donors (Lipinski definition) is 4. The number of benzene rings is 3. The second-order valence-corrected chi connectivity index (χ2v) is 7.71. The highest BCUT2D eigenvalue weighted by Crippen LogP contribution is 2.28. The molecule has 0 radical (unpaired) electrons. The number of aromatic nitrogens is 2. The second kappa shape index (κ2) is 7.86. The Morgan fingerprint density at radius 1 is 0.529 bits per heavy atom. The van der Waals surface area contributed by atoms with Gasteiger partial charge in [0.15, 0.2) is 11.6 Å². The first-order valence-corrected chi connectivity index (χ1v) is 10.2. The maximum Gasteiger partial charge on any atom is 0.336 e. The van der Waals surface area contributed by atoms with E-state index in [1.165, 1.54) is 12.4 Å². The number of aromatic amines is 2. The van der Waals surface area contributed by atoms with Gasteiger partial charge in [-0.1, -0.05) is 36.4 Å². The molecule has 34 heavy (non-hydrogen) atoms. The summed E-state index contributed by atoms with van der Waals surface area (Å²) >= 11 is 0. The number of rotatable bonds is 6. The van der Waals surface area contributed by atoms with Crippen molar-refractivity contribution in [3.63, 3.8) is 0 Å². The molecular weight excluding hydrogens is 436 g/mol. The maximum atomic E-state index is 13.3. The average molecular weight is 452 g/mol. The minimum absolute atomic E-state index is 0.199. The molecule has 0 atom stereocenters. The summed E-state index contributed by atoms with van der Waals surface area (Å²) in [6.07, 6.45) is 2.90. The predicted molar refractivity (Wildman–Crippen MR) is 124 cm³/mol. The summed E-state index contributed by atoms with van der Waals surface area (Å²) in [5.41, 5.74) is 0.206. The summed E-state index contributed by atoms with van der Waals surface area (Å²) in [5.74, 6) is -4.23. The second-order valence-electron chi connectivity index (χ2n) is 7.71. The van der Waals surface area contributed by atoms with E-state index in [9.17, 15) is 29.4 Å². The predicted octanol–water partition coefficient (Wildman–Crippen LogP) is 4.51. The van der Waals surface area contributed by atoms with Crippen LogP contribution in [0.15, 0.2) is 73.1 Å². The molecular formula is C26H16N2O6. The van der Waals surface area contributed by atoms with Gasteiger partial charge in [-0.25, -0.2) is 9.59 Å². The van der Waals surface area contributed by atoms with Crippen LogP contribution in [0.1, 0.15) is 52.6 Å². The van der Waals surface area contributed by atoms with Crippen LogP contribution in [-0.4, -0.2) is 43.7 Å². The van der Waals surface area contributed by atoms with Gasteiger partial charge in [-0.2, -0.15) is 0 Å². The molecule has 3 aromatic carbocycles. The molecule has 0 unspecified atom stereocenters. The Morgan fingerprint density at radius 2 is 0.912 bits per heavy atom. The van der Waals surface area contributed by atoms with Crippen LogP contribution in [0, 0.1) is 0 Å². The fourth-order valence-electron chi connectivity index (χ4n) is 4.14. The largest absolute Gasteiger partial charge is 0.478 e. The van der Waals surface area contributed by atoms with Crippen LogP contribution in [-0.2, 0) is 0 Å². The maximum absolute atomic E-state index is 13.3. The number of carbonyl (C=O) groups is 4. The summed E-state index contributed by atoms with van der Waals surface area (Å²) in [6.45, 7) is 0. The molecule has 0 aliphatic carbocycles. The van der Waals surface area contributed by atoms with Gasteiger partial charge in [-0.15, -0.1) is 0 Å². The summed E-state index contributed by atoms with van der Waals surface area (Å²) in [5, 5.41) is 20.8. The molecule has 5 aromatic rings. The molecule has 0 spiro atoms. The molecule has 0 aliphatic heterocycles. The fourth-order valence-corrected chi connectivity index (χ4v) is 4.14. The molecule has 8 nitrogen and oxygen atoms in total. The normalized spacial score (nSPS) is 11.1. The van der Waals surface area contributed by atoms with Gasteiger partial charge in [0.05, 0.1) is 11.1 Å². The Kier molecular flexibility index (Phi) is 4.83. The number of carboxylic acid groups (broad SMARTS) is 2. The van der Waals surface area contributed by atoms with Crippen molar-refractivity contribution in [1.82, 2.24) is 9.97 Å². The van der Waals surface area contributed by atoms with E-state index >= 15 is 0 Å². The number of fused-ring (bicyclic) bond motifs is 2. The van der Waals surface area contributed by atoms with Crippen LogP contribution in [0.4, 0.5) is 0 Å². The van der Waals surface area contributed by atoms with Crippen LogP contribution in [0.5, 0.6) is 0 Å². The van der Waals surface area contributed by atoms with Gasteiger partial charge in [0.2, 0.25) is 0 Å². The summed E-state index contributed by atoms with van der Waals surface area (Å²) in [7, 11) is 0. The highest BCUT2D eigenvalue weighted by molar-refractivity contribution is 6.24. The van der Waals surface area contributed by atoms with E-state index in [1.807, 2.05) is 0 Å². The first kappa shape index (κ1) is 20.9. The minimum atomic E-state index is -1.45. The van der Waals surface area contributed by atoms with Gasteiger partial charge >= 0.3 is 11.9 Å². The lowest BCUT2D eigenvalue weighted by atomic mass is 9.90. The van der Waals surface area contributed by atoms with E-state index in [0.29, 0.717) is 21.8 Å². The Bertz CT molecular complexity index is 1530. The third-order valence-corrected chi connectivity index (χ3v) is 5.78. The number of carbonyl (C=O) groups excluding carboxylic acids is 2. The zero-order chi connectivity index (χ0) is 24.0. The lowest BCUT2D eigenvalue weighted by molar-refractivity contribution is 0.0677. The van der Waals surface area contributed by atoms with E-state index in [2.05, 4.69) is 9.97 Å². The lowest BCUT2D eigenvalue weighted by Gasteiger charge is -2.11. The third kappa shape index (κ3) is 3.25. The number of nitrogens with one attached hydrogen (secondary N) is 2. The number of H-pyrrole nitrogens is 2. The molecule has 0 bridgehead atoms. The summed E-state index contributed by atoms with van der Waals surface area (Å²) < 4.78 is 0. The molecule has 0 fully saturated rings. The number of aromatic carboxylic acids is 2. The van der Waals surface area contributed by atoms with Gasteiger partial charge in [0, 0.05) is 56.5 Å². The topological polar surface area (TPSA) is 140 Å². The highest BCUT2D eigenvalue weighted by Gasteiger charge is 2.28. The molecule has 2 aromatic heterocycles. The summed E-state index contributed by atoms with van der Waals surface area (Å²) in [4.78, 5) is 56.8. The van der Waals surface area contributed by atoms with Crippen molar-refractivity contribution in [2.45, 2.75) is 0 Å². The van der Waals surface area contributed by atoms with Gasteiger partial charge in [0.25, 0.3) is 0 Å². The van der Waals surface area contributed by atoms with E-state index in [0.717, 1.165) is 12.1 Å². The zero-order valence-corrected chi connectivity index (χ0v) is 17.5. The molecule has 4 N–H and O–H groups in total. The van der Waals surface area contributed by atoms with Gasteiger partial charge in [0.1, 0.15) is 0 Å². The van der Waals surface area contributed by atoms with E-state index in [-0.39, 0.29) is 22.3 Å². The molecule has 0 saturated heterocycles. The van der Waals surface area contributed by atoms with Crippen molar-refractivity contribution in [3.8, 4) is 0 Å². The minimum Gasteiger partial charge on any atom is -0.478 e. The monoisotopic (exact) mass is 452 g/mol. The van der Waals surface area contributed by atoms with Crippen LogP contribution >= 0.6 is 0 Å². The number of hydrogen-bond acceptors (Lipinski definition) is 4. The van der Waals surface area contributed by atoms with E-state index in [4.69, 9.17) is 0 Å². The SMILES string of the molecule is O=C(O)c1cc(C(=O)c2c[nH]c3ccccc23)c(C(=O)O)cc1C(=O)c1c[nH]c2ccccc12. The van der Waals surface area contributed by atoms with E-state index in [1.54, 1.807) is 48.5 Å². The number of carboxylic acids is 2. The van der Waals surface area contributed by atoms with Crippen molar-refractivity contribution in [2.24, 2.45) is 0 Å². The Labute approximate surface area is 191 Å².